The lowest BCUT2D eigenvalue weighted by Crippen LogP contribution is -2.41. The minimum atomic E-state index is -0.647. The number of carbonyl (C=O) groups is 1. The Labute approximate surface area is 126 Å². The molecule has 0 aliphatic heterocycles. The maximum absolute atomic E-state index is 12.3. The second kappa shape index (κ2) is 9.00. The van der Waals surface area contributed by atoms with Gasteiger partial charge >= 0.3 is 0 Å². The fraction of sp³-hybridized carbons (Fsp3) is 0.500. The fourth-order valence-corrected chi connectivity index (χ4v) is 2.20. The van der Waals surface area contributed by atoms with Crippen molar-refractivity contribution in [2.75, 3.05) is 6.54 Å². The predicted octanol–water partition coefficient (Wildman–Crippen LogP) is 2.14. The molecule has 0 radical (unpaired) electrons. The van der Waals surface area contributed by atoms with Gasteiger partial charge in [-0.25, -0.2) is 0 Å². The average molecular weight is 291 g/mol. The largest absolute Gasteiger partial charge is 0.409 e. The number of nitrogens with one attached hydrogen (secondary N) is 1. The van der Waals surface area contributed by atoms with Gasteiger partial charge in [0.05, 0.1) is 0 Å². The Morgan fingerprint density at radius 2 is 1.90 bits per heavy atom. The molecular weight excluding hydrogens is 266 g/mol. The summed E-state index contributed by atoms with van der Waals surface area (Å²) in [5.41, 5.74) is 6.66. The van der Waals surface area contributed by atoms with E-state index >= 15 is 0 Å². The maximum Gasteiger partial charge on any atom is 0.231 e. The van der Waals surface area contributed by atoms with E-state index in [1.807, 2.05) is 30.3 Å². The summed E-state index contributed by atoms with van der Waals surface area (Å²) in [7, 11) is 0. The van der Waals surface area contributed by atoms with Crippen molar-refractivity contribution in [3.05, 3.63) is 35.9 Å². The first kappa shape index (κ1) is 17.0. The van der Waals surface area contributed by atoms with Crippen molar-refractivity contribution in [2.24, 2.45) is 22.7 Å². The van der Waals surface area contributed by atoms with Gasteiger partial charge in [-0.15, -0.1) is 0 Å². The number of oxime groups is 1. The molecule has 0 saturated carbocycles. The van der Waals surface area contributed by atoms with Crippen molar-refractivity contribution < 1.29 is 10.0 Å². The summed E-state index contributed by atoms with van der Waals surface area (Å²) >= 11 is 0. The second-order valence-corrected chi connectivity index (χ2v) is 5.19. The standard InChI is InChI=1S/C16H25N3O2/c1-3-12(4-2)11-18-16(20)14(15(17)19-21)10-13-8-6-5-7-9-13/h5-9,12,14,21H,3-4,10-11H2,1-2H3,(H2,17,19)(H,18,20). The molecule has 0 spiro atoms. The number of carbonyl (C=O) groups excluding carboxylic acids is 1. The highest BCUT2D eigenvalue weighted by Gasteiger charge is 2.24. The summed E-state index contributed by atoms with van der Waals surface area (Å²) in [4.78, 5) is 12.3. The van der Waals surface area contributed by atoms with E-state index in [9.17, 15) is 4.79 Å². The molecule has 5 heteroatoms. The van der Waals surface area contributed by atoms with Gasteiger partial charge in [-0.3, -0.25) is 4.79 Å². The molecule has 0 fully saturated rings. The Kier molecular flexibility index (Phi) is 7.29. The summed E-state index contributed by atoms with van der Waals surface area (Å²) < 4.78 is 0. The molecule has 0 saturated heterocycles. The van der Waals surface area contributed by atoms with Gasteiger partial charge in [-0.1, -0.05) is 62.2 Å². The van der Waals surface area contributed by atoms with Crippen LogP contribution in [0.5, 0.6) is 0 Å². The zero-order valence-electron chi connectivity index (χ0n) is 12.7. The van der Waals surface area contributed by atoms with Crippen LogP contribution >= 0.6 is 0 Å². The van der Waals surface area contributed by atoms with E-state index in [2.05, 4.69) is 24.3 Å². The molecule has 5 nitrogen and oxygen atoms in total. The zero-order valence-corrected chi connectivity index (χ0v) is 12.7. The molecule has 1 aromatic carbocycles. The van der Waals surface area contributed by atoms with Crippen LogP contribution in [0.1, 0.15) is 32.3 Å². The van der Waals surface area contributed by atoms with E-state index < -0.39 is 5.92 Å². The van der Waals surface area contributed by atoms with Gasteiger partial charge in [0.15, 0.2) is 5.84 Å². The van der Waals surface area contributed by atoms with Crippen LogP contribution in [-0.4, -0.2) is 23.5 Å². The highest BCUT2D eigenvalue weighted by atomic mass is 16.4. The first-order valence-electron chi connectivity index (χ1n) is 7.41. The second-order valence-electron chi connectivity index (χ2n) is 5.19. The smallest absolute Gasteiger partial charge is 0.231 e. The van der Waals surface area contributed by atoms with Crippen LogP contribution in [0, 0.1) is 11.8 Å². The molecule has 1 unspecified atom stereocenters. The number of hydrogen-bond acceptors (Lipinski definition) is 3. The van der Waals surface area contributed by atoms with Crippen LogP contribution in [0.2, 0.25) is 0 Å². The van der Waals surface area contributed by atoms with Gasteiger partial charge in [-0.2, -0.15) is 0 Å². The quantitative estimate of drug-likeness (QED) is 0.297. The third-order valence-corrected chi connectivity index (χ3v) is 3.79. The average Bonchev–Trinajstić information content (AvgIpc) is 2.53. The number of rotatable bonds is 8. The van der Waals surface area contributed by atoms with E-state index in [1.165, 1.54) is 0 Å². The van der Waals surface area contributed by atoms with Crippen molar-refractivity contribution in [1.82, 2.24) is 5.32 Å². The van der Waals surface area contributed by atoms with Crippen molar-refractivity contribution in [3.8, 4) is 0 Å². The molecule has 1 amide bonds. The third kappa shape index (κ3) is 5.45. The first-order chi connectivity index (χ1) is 10.1. The number of hydrogen-bond donors (Lipinski definition) is 3. The number of nitrogens with zero attached hydrogens (tertiary/aromatic N) is 1. The SMILES string of the molecule is CCC(CC)CNC(=O)C(Cc1ccccc1)/C(N)=N/O. The molecule has 4 N–H and O–H groups in total. The maximum atomic E-state index is 12.3. The monoisotopic (exact) mass is 291 g/mol. The molecule has 116 valence electrons. The lowest BCUT2D eigenvalue weighted by molar-refractivity contribution is -0.123. The lowest BCUT2D eigenvalue weighted by Gasteiger charge is -2.18. The number of amidine groups is 1. The molecule has 0 aromatic heterocycles. The summed E-state index contributed by atoms with van der Waals surface area (Å²) in [5.74, 6) is -0.438. The summed E-state index contributed by atoms with van der Waals surface area (Å²) in [6.45, 7) is 4.83. The molecule has 1 aromatic rings. The van der Waals surface area contributed by atoms with Gasteiger partial charge in [0.25, 0.3) is 0 Å². The van der Waals surface area contributed by atoms with Gasteiger partial charge in [0, 0.05) is 6.54 Å². The molecular formula is C16H25N3O2. The predicted molar refractivity (Wildman–Crippen MR) is 84.1 cm³/mol. The van der Waals surface area contributed by atoms with Crippen molar-refractivity contribution >= 4 is 11.7 Å². The van der Waals surface area contributed by atoms with Crippen LogP contribution in [0.3, 0.4) is 0 Å². The molecule has 1 rings (SSSR count). The van der Waals surface area contributed by atoms with Gasteiger partial charge in [0.1, 0.15) is 5.92 Å². The Bertz CT molecular complexity index is 456. The van der Waals surface area contributed by atoms with Crippen molar-refractivity contribution in [3.63, 3.8) is 0 Å². The molecule has 0 aliphatic carbocycles. The van der Waals surface area contributed by atoms with E-state index in [4.69, 9.17) is 10.9 Å². The Balaban J connectivity index is 2.71. The molecule has 0 heterocycles. The van der Waals surface area contributed by atoms with Crippen LogP contribution in [0.4, 0.5) is 0 Å². The van der Waals surface area contributed by atoms with Crippen LogP contribution in [0.15, 0.2) is 35.5 Å². The minimum absolute atomic E-state index is 0.0547. The number of benzene rings is 1. The molecule has 1 atom stereocenters. The number of amides is 1. The lowest BCUT2D eigenvalue weighted by atomic mass is 9.96. The van der Waals surface area contributed by atoms with E-state index in [0.717, 1.165) is 18.4 Å². The summed E-state index contributed by atoms with van der Waals surface area (Å²) in [5, 5.41) is 14.8. The molecule has 0 aliphatic rings. The summed E-state index contributed by atoms with van der Waals surface area (Å²) in [6, 6.07) is 9.56. The highest BCUT2D eigenvalue weighted by molar-refractivity contribution is 6.02. The normalized spacial score (nSPS) is 13.2. The minimum Gasteiger partial charge on any atom is -0.409 e. The Morgan fingerprint density at radius 1 is 1.29 bits per heavy atom. The number of nitrogens with two attached hydrogens (primary N) is 1. The van der Waals surface area contributed by atoms with Crippen LogP contribution in [0.25, 0.3) is 0 Å². The van der Waals surface area contributed by atoms with Crippen molar-refractivity contribution in [1.29, 1.82) is 0 Å². The van der Waals surface area contributed by atoms with Crippen LogP contribution < -0.4 is 11.1 Å². The Morgan fingerprint density at radius 3 is 2.43 bits per heavy atom. The van der Waals surface area contributed by atoms with Gasteiger partial charge in [-0.05, 0) is 17.9 Å². The van der Waals surface area contributed by atoms with E-state index in [0.29, 0.717) is 18.9 Å². The highest BCUT2D eigenvalue weighted by Crippen LogP contribution is 2.11. The molecule has 0 bridgehead atoms. The third-order valence-electron chi connectivity index (χ3n) is 3.79. The zero-order chi connectivity index (χ0) is 15.7. The topological polar surface area (TPSA) is 87.7 Å². The first-order valence-corrected chi connectivity index (χ1v) is 7.41. The molecule has 21 heavy (non-hydrogen) atoms. The Hall–Kier alpha value is -2.04. The van der Waals surface area contributed by atoms with Crippen LogP contribution in [-0.2, 0) is 11.2 Å². The summed E-state index contributed by atoms with van der Waals surface area (Å²) in [6.07, 6.45) is 2.46. The van der Waals surface area contributed by atoms with E-state index in [-0.39, 0.29) is 11.7 Å². The fourth-order valence-electron chi connectivity index (χ4n) is 2.20. The van der Waals surface area contributed by atoms with E-state index in [1.54, 1.807) is 0 Å². The van der Waals surface area contributed by atoms with Gasteiger partial charge in [0.2, 0.25) is 5.91 Å². The van der Waals surface area contributed by atoms with Crippen molar-refractivity contribution in [2.45, 2.75) is 33.1 Å². The van der Waals surface area contributed by atoms with Gasteiger partial charge < -0.3 is 16.3 Å².